The molecule has 33 heavy (non-hydrogen) atoms. The number of sulfonamides is 1. The minimum atomic E-state index is -3.59. The molecular weight excluding hydrogens is 481 g/mol. The number of aryl methyl sites for hydroxylation is 1. The number of benzene rings is 2. The lowest BCUT2D eigenvalue weighted by atomic mass is 10.0. The fraction of sp³-hybridized carbons (Fsp3) is 0.458. The first-order valence-corrected chi connectivity index (χ1v) is 13.7. The van der Waals surface area contributed by atoms with Crippen LogP contribution in [0.2, 0.25) is 10.0 Å². The van der Waals surface area contributed by atoms with Gasteiger partial charge in [-0.2, -0.15) is 0 Å². The van der Waals surface area contributed by atoms with Gasteiger partial charge in [-0.15, -0.1) is 0 Å². The Balaban J connectivity index is 1.44. The van der Waals surface area contributed by atoms with Crippen LogP contribution in [0.5, 0.6) is 0 Å². The molecule has 1 saturated heterocycles. The van der Waals surface area contributed by atoms with E-state index in [0.29, 0.717) is 39.4 Å². The number of carbonyl (C=O) groups excluding carboxylic acids is 1. The smallest absolute Gasteiger partial charge is 0.251 e. The Kier molecular flexibility index (Phi) is 9.44. The van der Waals surface area contributed by atoms with Gasteiger partial charge in [0.15, 0.2) is 0 Å². The van der Waals surface area contributed by atoms with Crippen molar-refractivity contribution in [3.8, 4) is 0 Å². The zero-order valence-electron chi connectivity index (χ0n) is 18.8. The van der Waals surface area contributed by atoms with E-state index in [1.165, 1.54) is 19.3 Å². The molecule has 1 atom stereocenters. The second-order valence-corrected chi connectivity index (χ2v) is 11.1. The molecule has 0 aliphatic carbocycles. The van der Waals surface area contributed by atoms with Crippen molar-refractivity contribution in [3.05, 3.63) is 63.6 Å². The van der Waals surface area contributed by atoms with E-state index in [2.05, 4.69) is 21.9 Å². The summed E-state index contributed by atoms with van der Waals surface area (Å²) in [5.74, 6) is -0.294. The van der Waals surface area contributed by atoms with Crippen LogP contribution >= 0.6 is 23.2 Å². The molecule has 1 aliphatic heterocycles. The van der Waals surface area contributed by atoms with Gasteiger partial charge in [0.25, 0.3) is 5.91 Å². The fourth-order valence-corrected chi connectivity index (χ4v) is 5.48. The van der Waals surface area contributed by atoms with Crippen molar-refractivity contribution in [3.63, 3.8) is 0 Å². The number of nitrogens with one attached hydrogen (secondary N) is 2. The molecule has 1 unspecified atom stereocenters. The third-order valence-electron chi connectivity index (χ3n) is 5.94. The van der Waals surface area contributed by atoms with Gasteiger partial charge in [0, 0.05) is 30.4 Å². The van der Waals surface area contributed by atoms with Crippen LogP contribution in [0.4, 0.5) is 5.69 Å². The Bertz CT molecular complexity index is 1050. The summed E-state index contributed by atoms with van der Waals surface area (Å²) in [6, 6.07) is 12.2. The third-order valence-corrected chi connectivity index (χ3v) is 8.09. The molecule has 0 aromatic heterocycles. The maximum Gasteiger partial charge on any atom is 0.251 e. The highest BCUT2D eigenvalue weighted by Crippen LogP contribution is 2.26. The molecule has 1 heterocycles. The largest absolute Gasteiger partial charge is 0.352 e. The minimum Gasteiger partial charge on any atom is -0.352 e. The highest BCUT2D eigenvalue weighted by atomic mass is 35.5. The van der Waals surface area contributed by atoms with E-state index >= 15 is 0 Å². The van der Waals surface area contributed by atoms with Crippen LogP contribution in [0.15, 0.2) is 42.5 Å². The molecule has 0 spiro atoms. The number of rotatable bonds is 10. The topological polar surface area (TPSA) is 78.5 Å². The second-order valence-electron chi connectivity index (χ2n) is 8.45. The number of hydrogen-bond donors (Lipinski definition) is 2. The number of hydrogen-bond acceptors (Lipinski definition) is 4. The number of anilines is 1. The maximum absolute atomic E-state index is 12.4. The monoisotopic (exact) mass is 511 g/mol. The van der Waals surface area contributed by atoms with Crippen molar-refractivity contribution in [1.82, 2.24) is 10.2 Å². The zero-order valence-corrected chi connectivity index (χ0v) is 21.1. The van der Waals surface area contributed by atoms with Gasteiger partial charge in [0.2, 0.25) is 10.0 Å². The maximum atomic E-state index is 12.4. The highest BCUT2D eigenvalue weighted by molar-refractivity contribution is 7.92. The van der Waals surface area contributed by atoms with E-state index in [1.54, 1.807) is 42.5 Å². The molecule has 6 nitrogen and oxygen atoms in total. The summed E-state index contributed by atoms with van der Waals surface area (Å²) in [5, 5.41) is 3.71. The number of likely N-dealkylation sites (tertiary alicyclic amines) is 1. The quantitative estimate of drug-likeness (QED) is 0.441. The molecule has 1 amide bonds. The van der Waals surface area contributed by atoms with Gasteiger partial charge >= 0.3 is 0 Å². The number of piperidine rings is 1. The minimum absolute atomic E-state index is 0.134. The lowest BCUT2D eigenvalue weighted by molar-refractivity contribution is 0.0949. The van der Waals surface area contributed by atoms with Gasteiger partial charge in [-0.1, -0.05) is 41.8 Å². The van der Waals surface area contributed by atoms with Crippen molar-refractivity contribution in [2.24, 2.45) is 0 Å². The van der Waals surface area contributed by atoms with Gasteiger partial charge in [0.05, 0.1) is 15.8 Å². The predicted molar refractivity (Wildman–Crippen MR) is 136 cm³/mol. The molecule has 9 heteroatoms. The Labute approximate surface area is 206 Å². The van der Waals surface area contributed by atoms with Crippen molar-refractivity contribution < 1.29 is 13.2 Å². The highest BCUT2D eigenvalue weighted by Gasteiger charge is 2.17. The van der Waals surface area contributed by atoms with Crippen LogP contribution in [0.25, 0.3) is 0 Å². The summed E-state index contributed by atoms with van der Waals surface area (Å²) in [7, 11) is -3.59. The van der Waals surface area contributed by atoms with Crippen LogP contribution in [-0.2, 0) is 16.4 Å². The molecule has 0 saturated carbocycles. The van der Waals surface area contributed by atoms with Crippen molar-refractivity contribution >= 4 is 44.8 Å². The lowest BCUT2D eigenvalue weighted by Crippen LogP contribution is -2.39. The summed E-state index contributed by atoms with van der Waals surface area (Å²) in [6.45, 7) is 5.00. The molecule has 0 radical (unpaired) electrons. The molecule has 2 N–H and O–H groups in total. The van der Waals surface area contributed by atoms with E-state index in [0.717, 1.165) is 19.5 Å². The summed E-state index contributed by atoms with van der Waals surface area (Å²) in [4.78, 5) is 14.9. The summed E-state index contributed by atoms with van der Waals surface area (Å²) >= 11 is 12.1. The van der Waals surface area contributed by atoms with Crippen LogP contribution < -0.4 is 10.0 Å². The normalized spacial score (nSPS) is 17.0. The Hall–Kier alpha value is -1.80. The van der Waals surface area contributed by atoms with E-state index < -0.39 is 10.0 Å². The van der Waals surface area contributed by atoms with Gasteiger partial charge in [0.1, 0.15) is 0 Å². The summed E-state index contributed by atoms with van der Waals surface area (Å²) < 4.78 is 27.4. The standard InChI is InChI=1S/C24H31Cl2N3O3S/c1-18-6-2-3-15-29(18)16-5-14-27-24(30)20-9-11-21(12-10-20)28-33(31,32)17-13-19-7-4-8-22(25)23(19)26/h4,7-12,18,28H,2-3,5-6,13-17H2,1H3,(H,27,30). The summed E-state index contributed by atoms with van der Waals surface area (Å²) in [6.07, 6.45) is 4.95. The van der Waals surface area contributed by atoms with Crippen LogP contribution in [0.1, 0.15) is 48.5 Å². The zero-order chi connectivity index (χ0) is 23.8. The van der Waals surface area contributed by atoms with E-state index in [1.807, 2.05) is 0 Å². The van der Waals surface area contributed by atoms with Gasteiger partial charge in [-0.3, -0.25) is 9.52 Å². The predicted octanol–water partition coefficient (Wildman–Crippen LogP) is 4.97. The molecule has 0 bridgehead atoms. The number of carbonyl (C=O) groups is 1. The second kappa shape index (κ2) is 12.1. The number of halogens is 2. The Morgan fingerprint density at radius 1 is 1.12 bits per heavy atom. The van der Waals surface area contributed by atoms with E-state index in [9.17, 15) is 13.2 Å². The van der Waals surface area contributed by atoms with E-state index in [-0.39, 0.29) is 18.1 Å². The fourth-order valence-electron chi connectivity index (χ4n) is 3.98. The van der Waals surface area contributed by atoms with Gasteiger partial charge < -0.3 is 10.2 Å². The molecule has 2 aromatic rings. The average molecular weight is 513 g/mol. The molecule has 3 rings (SSSR count). The molecule has 180 valence electrons. The Morgan fingerprint density at radius 2 is 1.88 bits per heavy atom. The van der Waals surface area contributed by atoms with Crippen LogP contribution in [0, 0.1) is 0 Å². The van der Waals surface area contributed by atoms with Crippen molar-refractivity contribution in [2.75, 3.05) is 30.1 Å². The average Bonchev–Trinajstić information content (AvgIpc) is 2.79. The lowest BCUT2D eigenvalue weighted by Gasteiger charge is -2.33. The molecule has 1 aliphatic rings. The van der Waals surface area contributed by atoms with Crippen molar-refractivity contribution in [2.45, 2.75) is 45.1 Å². The first-order valence-electron chi connectivity index (χ1n) is 11.3. The van der Waals surface area contributed by atoms with Crippen LogP contribution in [-0.4, -0.2) is 50.7 Å². The first kappa shape index (κ1) is 25.8. The van der Waals surface area contributed by atoms with Gasteiger partial charge in [-0.25, -0.2) is 8.42 Å². The Morgan fingerprint density at radius 3 is 2.61 bits per heavy atom. The van der Waals surface area contributed by atoms with Gasteiger partial charge in [-0.05, 0) is 75.0 Å². The number of nitrogens with zero attached hydrogens (tertiary/aromatic N) is 1. The van der Waals surface area contributed by atoms with Crippen molar-refractivity contribution in [1.29, 1.82) is 0 Å². The van der Waals surface area contributed by atoms with Crippen LogP contribution in [0.3, 0.4) is 0 Å². The molecular formula is C24H31Cl2N3O3S. The molecule has 2 aromatic carbocycles. The SMILES string of the molecule is CC1CCCCN1CCCNC(=O)c1ccc(NS(=O)(=O)CCc2cccc(Cl)c2Cl)cc1. The molecule has 1 fully saturated rings. The number of amides is 1. The summed E-state index contributed by atoms with van der Waals surface area (Å²) in [5.41, 5.74) is 1.58. The third kappa shape index (κ3) is 7.88. The first-order chi connectivity index (χ1) is 15.7. The van der Waals surface area contributed by atoms with E-state index in [4.69, 9.17) is 23.2 Å².